The quantitative estimate of drug-likeness (QED) is 0.699. The van der Waals surface area contributed by atoms with E-state index in [0.29, 0.717) is 4.45 Å². The Kier molecular flexibility index (Phi) is 3.97. The molecule has 0 saturated carbocycles. The molecule has 0 aromatic heterocycles. The molecule has 0 aromatic carbocycles. The summed E-state index contributed by atoms with van der Waals surface area (Å²) in [5, 5.41) is 0. The van der Waals surface area contributed by atoms with Gasteiger partial charge in [-0.3, -0.25) is 0 Å². The summed E-state index contributed by atoms with van der Waals surface area (Å²) in [6.07, 6.45) is 18.3. The largest absolute Gasteiger partial charge is 1.00 e. The van der Waals surface area contributed by atoms with Crippen LogP contribution in [0.2, 0.25) is 4.45 Å². The van der Waals surface area contributed by atoms with Gasteiger partial charge in [-0.1, -0.05) is 0 Å². The van der Waals surface area contributed by atoms with E-state index in [0.717, 1.165) is 0 Å². The molecule has 0 radical (unpaired) electrons. The molecule has 72 valence electrons. The van der Waals surface area contributed by atoms with Crippen molar-refractivity contribution in [1.29, 1.82) is 0 Å². The molecule has 0 N–H and O–H groups in total. The standard InChI is InChI=1S/2C6H7.ClH.Y/c2*1-6-4-2-3-5-6;;/h2*2-5H,1H3;1H;/q;;;+1/p-1. The first kappa shape index (κ1) is 12.4. The summed E-state index contributed by atoms with van der Waals surface area (Å²) < 4.78 is 0.895. The zero-order valence-corrected chi connectivity index (χ0v) is 12.2. The van der Waals surface area contributed by atoms with E-state index < -0.39 is 29.2 Å². The minimum absolute atomic E-state index is 0. The third kappa shape index (κ3) is 2.69. The molecule has 0 bridgehead atoms. The van der Waals surface area contributed by atoms with Crippen molar-refractivity contribution in [1.82, 2.24) is 0 Å². The molecule has 2 aliphatic rings. The molecule has 0 amide bonds. The van der Waals surface area contributed by atoms with Gasteiger partial charge in [0.15, 0.2) is 0 Å². The number of hydrogen-bond donors (Lipinski definition) is 0. The minimum Gasteiger partial charge on any atom is -1.00 e. The van der Waals surface area contributed by atoms with Crippen LogP contribution in [0, 0.1) is 0 Å². The predicted octanol–water partition coefficient (Wildman–Crippen LogP) is 0.682. The van der Waals surface area contributed by atoms with E-state index in [2.05, 4.69) is 62.5 Å². The Morgan fingerprint density at radius 2 is 1.00 bits per heavy atom. The summed E-state index contributed by atoms with van der Waals surface area (Å²) in [6, 6.07) is 0. The molecule has 0 aliphatic heterocycles. The molecule has 14 heavy (non-hydrogen) atoms. The van der Waals surface area contributed by atoms with Crippen molar-refractivity contribution in [3.05, 3.63) is 48.6 Å². The van der Waals surface area contributed by atoms with Crippen molar-refractivity contribution >= 4 is 0 Å². The molecule has 0 nitrogen and oxygen atoms in total. The van der Waals surface area contributed by atoms with Crippen LogP contribution in [0.3, 0.4) is 0 Å². The SMILES string of the molecule is C[C]1([Y+][C]2(C)C=CC=C2)C=CC=C1.[Cl-]. The van der Waals surface area contributed by atoms with E-state index in [9.17, 15) is 0 Å². The zero-order chi connectivity index (χ0) is 9.36. The molecular weight excluding hydrogens is 268 g/mol. The van der Waals surface area contributed by atoms with Crippen LogP contribution in [-0.2, 0) is 29.2 Å². The fraction of sp³-hybridized carbons (Fsp3) is 0.333. The molecule has 2 heteroatoms. The fourth-order valence-electron chi connectivity index (χ4n) is 2.03. The number of allylic oxidation sites excluding steroid dienone is 8. The normalized spacial score (nSPS) is 23.6. The molecule has 0 spiro atoms. The van der Waals surface area contributed by atoms with Gasteiger partial charge in [-0.15, -0.1) is 0 Å². The average molecular weight is 283 g/mol. The van der Waals surface area contributed by atoms with Crippen LogP contribution >= 0.6 is 0 Å². The summed E-state index contributed by atoms with van der Waals surface area (Å²) in [5.74, 6) is 0. The first-order chi connectivity index (χ1) is 6.12. The summed E-state index contributed by atoms with van der Waals surface area (Å²) >= 11 is -0.670. The third-order valence-electron chi connectivity index (χ3n) is 2.67. The van der Waals surface area contributed by atoms with Gasteiger partial charge in [0.2, 0.25) is 0 Å². The first-order valence-corrected chi connectivity index (χ1v) is 7.57. The summed E-state index contributed by atoms with van der Waals surface area (Å²) in [6.45, 7) is 4.75. The molecule has 2 aliphatic carbocycles. The second-order valence-corrected chi connectivity index (χ2v) is 11.1. The van der Waals surface area contributed by atoms with Crippen LogP contribution in [0.4, 0.5) is 0 Å². The summed E-state index contributed by atoms with van der Waals surface area (Å²) in [7, 11) is 0. The molecule has 0 fully saturated rings. The van der Waals surface area contributed by atoms with Crippen LogP contribution in [0.15, 0.2) is 48.6 Å². The van der Waals surface area contributed by atoms with Gasteiger partial charge in [-0.25, -0.2) is 0 Å². The van der Waals surface area contributed by atoms with E-state index in [1.807, 2.05) is 0 Å². The van der Waals surface area contributed by atoms with Crippen LogP contribution in [-0.4, -0.2) is 0 Å². The van der Waals surface area contributed by atoms with E-state index in [-0.39, 0.29) is 12.4 Å². The molecule has 0 aromatic rings. The van der Waals surface area contributed by atoms with Crippen molar-refractivity contribution in [2.45, 2.75) is 18.3 Å². The van der Waals surface area contributed by atoms with Crippen molar-refractivity contribution < 1.29 is 41.6 Å². The summed E-state index contributed by atoms with van der Waals surface area (Å²) in [4.78, 5) is 0. The first-order valence-electron chi connectivity index (χ1n) is 4.73. The predicted molar refractivity (Wildman–Crippen MR) is 53.3 cm³/mol. The Morgan fingerprint density at radius 3 is 1.29 bits per heavy atom. The smallest absolute Gasteiger partial charge is 1.00 e. The number of rotatable bonds is 2. The Morgan fingerprint density at radius 1 is 0.714 bits per heavy atom. The monoisotopic (exact) mass is 282 g/mol. The van der Waals surface area contributed by atoms with E-state index in [4.69, 9.17) is 0 Å². The maximum atomic E-state index is 2.37. The molecule has 0 unspecified atom stereocenters. The molecule has 0 atom stereocenters. The van der Waals surface area contributed by atoms with Crippen molar-refractivity contribution in [3.63, 3.8) is 0 Å². The van der Waals surface area contributed by atoms with Crippen molar-refractivity contribution in [2.24, 2.45) is 0 Å². The van der Waals surface area contributed by atoms with Gasteiger partial charge in [-0.2, -0.15) is 0 Å². The zero-order valence-electron chi connectivity index (χ0n) is 8.57. The number of hydrogen-bond acceptors (Lipinski definition) is 0. The van der Waals surface area contributed by atoms with E-state index in [1.165, 1.54) is 0 Å². The maximum absolute atomic E-state index is 2.37. The second kappa shape index (κ2) is 4.47. The van der Waals surface area contributed by atoms with Gasteiger partial charge in [0, 0.05) is 0 Å². The van der Waals surface area contributed by atoms with Gasteiger partial charge in [0.05, 0.1) is 0 Å². The number of halogens is 1. The van der Waals surface area contributed by atoms with Crippen LogP contribution < -0.4 is 12.4 Å². The van der Waals surface area contributed by atoms with Crippen LogP contribution in [0.25, 0.3) is 0 Å². The van der Waals surface area contributed by atoms with Crippen molar-refractivity contribution in [2.75, 3.05) is 0 Å². The molecule has 0 saturated heterocycles. The Bertz CT molecular complexity index is 267. The van der Waals surface area contributed by atoms with Crippen LogP contribution in [0.5, 0.6) is 0 Å². The topological polar surface area (TPSA) is 0 Å². The Labute approximate surface area is 108 Å². The maximum Gasteiger partial charge on any atom is -1.00 e. The second-order valence-electron chi connectivity index (χ2n) is 4.31. The third-order valence-corrected chi connectivity index (χ3v) is 7.62. The van der Waals surface area contributed by atoms with Gasteiger partial charge in [-0.05, 0) is 0 Å². The van der Waals surface area contributed by atoms with Crippen molar-refractivity contribution in [3.8, 4) is 0 Å². The minimum atomic E-state index is -0.670. The molecule has 0 heterocycles. The van der Waals surface area contributed by atoms with Gasteiger partial charge in [0.25, 0.3) is 0 Å². The van der Waals surface area contributed by atoms with Crippen LogP contribution in [0.1, 0.15) is 13.8 Å². The van der Waals surface area contributed by atoms with Gasteiger partial charge in [0.1, 0.15) is 0 Å². The Balaban J connectivity index is 0.000000980. The van der Waals surface area contributed by atoms with Gasteiger partial charge >= 0.3 is 96.1 Å². The van der Waals surface area contributed by atoms with E-state index in [1.54, 1.807) is 0 Å². The van der Waals surface area contributed by atoms with Gasteiger partial charge < -0.3 is 12.4 Å². The Hall–Kier alpha value is 0.354. The summed E-state index contributed by atoms with van der Waals surface area (Å²) in [5.41, 5.74) is 0. The fourth-order valence-corrected chi connectivity index (χ4v) is 7.36. The van der Waals surface area contributed by atoms with E-state index >= 15 is 0 Å². The average Bonchev–Trinajstić information content (AvgIpc) is 2.60. The molecule has 2 rings (SSSR count). The molecular formula is C12H14ClY.